The summed E-state index contributed by atoms with van der Waals surface area (Å²) in [5.41, 5.74) is 3.37. The SMILES string of the molecule is C/C=C(\N=CCCCOC)c1ccnc(Nc2cc(Cl)c3[nH]c(C(=O)N(C)C)cc3c2)n1. The van der Waals surface area contributed by atoms with Crippen molar-refractivity contribution in [1.82, 2.24) is 19.9 Å². The smallest absolute Gasteiger partial charge is 0.269 e. The molecule has 0 spiro atoms. The van der Waals surface area contributed by atoms with Gasteiger partial charge in [-0.1, -0.05) is 17.7 Å². The zero-order chi connectivity index (χ0) is 23.1. The molecule has 9 heteroatoms. The summed E-state index contributed by atoms with van der Waals surface area (Å²) in [6, 6.07) is 7.26. The molecule has 0 aliphatic carbocycles. The molecule has 1 aromatic carbocycles. The zero-order valence-corrected chi connectivity index (χ0v) is 19.4. The van der Waals surface area contributed by atoms with Gasteiger partial charge in [-0.25, -0.2) is 9.97 Å². The average molecular weight is 455 g/mol. The van der Waals surface area contributed by atoms with Gasteiger partial charge in [0.15, 0.2) is 0 Å². The lowest BCUT2D eigenvalue weighted by Gasteiger charge is -2.08. The van der Waals surface area contributed by atoms with E-state index in [0.29, 0.717) is 40.2 Å². The molecular weight excluding hydrogens is 428 g/mol. The number of nitrogens with zero attached hydrogens (tertiary/aromatic N) is 4. The second-order valence-electron chi connectivity index (χ2n) is 7.32. The van der Waals surface area contributed by atoms with E-state index in [9.17, 15) is 4.79 Å². The van der Waals surface area contributed by atoms with Crippen molar-refractivity contribution in [2.24, 2.45) is 4.99 Å². The first-order chi connectivity index (χ1) is 15.4. The minimum absolute atomic E-state index is 0.121. The van der Waals surface area contributed by atoms with E-state index in [2.05, 4.69) is 25.3 Å². The normalized spacial score (nSPS) is 12.0. The van der Waals surface area contributed by atoms with Crippen LogP contribution in [0, 0.1) is 0 Å². The Labute approximate surface area is 192 Å². The van der Waals surface area contributed by atoms with Gasteiger partial charge in [-0.15, -0.1) is 0 Å². The molecule has 0 aliphatic heterocycles. The number of hydrogen-bond donors (Lipinski definition) is 2. The van der Waals surface area contributed by atoms with Crippen molar-refractivity contribution in [2.45, 2.75) is 19.8 Å². The van der Waals surface area contributed by atoms with E-state index in [-0.39, 0.29) is 5.91 Å². The fourth-order valence-corrected chi connectivity index (χ4v) is 3.36. The predicted molar refractivity (Wildman–Crippen MR) is 130 cm³/mol. The summed E-state index contributed by atoms with van der Waals surface area (Å²) in [5.74, 6) is 0.302. The van der Waals surface area contributed by atoms with Crippen molar-refractivity contribution in [3.63, 3.8) is 0 Å². The number of aromatic amines is 1. The average Bonchev–Trinajstić information content (AvgIpc) is 3.20. The fraction of sp³-hybridized carbons (Fsp3) is 0.304. The first-order valence-corrected chi connectivity index (χ1v) is 10.6. The molecule has 0 fully saturated rings. The number of amides is 1. The number of anilines is 2. The van der Waals surface area contributed by atoms with Crippen LogP contribution in [0.2, 0.25) is 5.02 Å². The summed E-state index contributed by atoms with van der Waals surface area (Å²) < 4.78 is 5.06. The van der Waals surface area contributed by atoms with Crippen molar-refractivity contribution in [3.8, 4) is 0 Å². The van der Waals surface area contributed by atoms with E-state index in [1.54, 1.807) is 39.5 Å². The Morgan fingerprint density at radius 2 is 2.16 bits per heavy atom. The summed E-state index contributed by atoms with van der Waals surface area (Å²) in [7, 11) is 5.10. The number of methoxy groups -OCH3 is 1. The number of hydrogen-bond acceptors (Lipinski definition) is 6. The van der Waals surface area contributed by atoms with Crippen molar-refractivity contribution in [3.05, 3.63) is 52.9 Å². The minimum Gasteiger partial charge on any atom is -0.385 e. The summed E-state index contributed by atoms with van der Waals surface area (Å²) >= 11 is 6.45. The van der Waals surface area contributed by atoms with Crippen LogP contribution in [0.4, 0.5) is 11.6 Å². The molecule has 2 heterocycles. The molecule has 0 saturated carbocycles. The van der Waals surface area contributed by atoms with E-state index >= 15 is 0 Å². The highest BCUT2D eigenvalue weighted by Crippen LogP contribution is 2.29. The molecule has 0 unspecified atom stereocenters. The number of aromatic nitrogens is 3. The van der Waals surface area contributed by atoms with Gasteiger partial charge in [-0.3, -0.25) is 9.79 Å². The number of benzene rings is 1. The summed E-state index contributed by atoms with van der Waals surface area (Å²) in [4.78, 5) is 30.3. The Morgan fingerprint density at radius 3 is 2.88 bits per heavy atom. The first-order valence-electron chi connectivity index (χ1n) is 10.2. The molecule has 1 amide bonds. The van der Waals surface area contributed by atoms with E-state index in [0.717, 1.165) is 23.9 Å². The van der Waals surface area contributed by atoms with Gasteiger partial charge in [-0.05, 0) is 44.0 Å². The molecule has 8 nitrogen and oxygen atoms in total. The predicted octanol–water partition coefficient (Wildman–Crippen LogP) is 4.91. The molecule has 2 aromatic heterocycles. The molecule has 2 N–H and O–H groups in total. The third-order valence-corrected chi connectivity index (χ3v) is 4.97. The lowest BCUT2D eigenvalue weighted by atomic mass is 10.2. The second-order valence-corrected chi connectivity index (χ2v) is 7.72. The number of allylic oxidation sites excluding steroid dienone is 1. The number of rotatable bonds is 9. The monoisotopic (exact) mass is 454 g/mol. The number of unbranched alkanes of at least 4 members (excludes halogenated alkanes) is 1. The number of ether oxygens (including phenoxy) is 1. The Bertz CT molecular complexity index is 1150. The van der Waals surface area contributed by atoms with Gasteiger partial charge >= 0.3 is 0 Å². The fourth-order valence-electron chi connectivity index (χ4n) is 3.09. The van der Waals surface area contributed by atoms with E-state index < -0.39 is 0 Å². The van der Waals surface area contributed by atoms with Gasteiger partial charge in [0.1, 0.15) is 5.69 Å². The van der Waals surface area contributed by atoms with E-state index in [4.69, 9.17) is 16.3 Å². The van der Waals surface area contributed by atoms with Crippen molar-refractivity contribution >= 4 is 52.0 Å². The van der Waals surface area contributed by atoms with Crippen LogP contribution < -0.4 is 5.32 Å². The van der Waals surface area contributed by atoms with Crippen LogP contribution in [0.1, 0.15) is 35.9 Å². The number of nitrogens with one attached hydrogen (secondary N) is 2. The summed E-state index contributed by atoms with van der Waals surface area (Å²) in [6.45, 7) is 2.63. The summed E-state index contributed by atoms with van der Waals surface area (Å²) in [6.07, 6.45) is 7.20. The van der Waals surface area contributed by atoms with Gasteiger partial charge in [-0.2, -0.15) is 0 Å². The highest BCUT2D eigenvalue weighted by molar-refractivity contribution is 6.35. The Hall–Kier alpha value is -3.23. The molecule has 0 atom stereocenters. The lowest BCUT2D eigenvalue weighted by molar-refractivity contribution is 0.0823. The van der Waals surface area contributed by atoms with E-state index in [1.165, 1.54) is 4.90 Å². The van der Waals surface area contributed by atoms with Crippen LogP contribution in [0.25, 0.3) is 16.6 Å². The zero-order valence-electron chi connectivity index (χ0n) is 18.6. The van der Waals surface area contributed by atoms with Crippen molar-refractivity contribution in [2.75, 3.05) is 33.1 Å². The third kappa shape index (κ3) is 5.72. The van der Waals surface area contributed by atoms with Crippen LogP contribution in [0.5, 0.6) is 0 Å². The maximum atomic E-state index is 12.3. The maximum Gasteiger partial charge on any atom is 0.269 e. The number of fused-ring (bicyclic) bond motifs is 1. The molecule has 0 aliphatic rings. The number of aliphatic imine (C=N–C) groups is 1. The van der Waals surface area contributed by atoms with Gasteiger partial charge in [0.05, 0.1) is 21.9 Å². The molecule has 168 valence electrons. The van der Waals surface area contributed by atoms with E-state index in [1.807, 2.05) is 31.3 Å². The summed E-state index contributed by atoms with van der Waals surface area (Å²) in [5, 5.41) is 4.50. The first kappa shape index (κ1) is 23.4. The number of halogens is 1. The molecule has 3 rings (SSSR count). The quantitative estimate of drug-likeness (QED) is 0.353. The number of carbonyl (C=O) groups is 1. The van der Waals surface area contributed by atoms with Crippen LogP contribution in [0.15, 0.2) is 41.5 Å². The van der Waals surface area contributed by atoms with Crippen LogP contribution in [-0.4, -0.2) is 59.8 Å². The standard InChI is InChI=1S/C23H27ClN6O2/c1-5-18(25-9-6-7-11-32-4)19-8-10-26-23(29-19)27-16-12-15-13-20(22(31)30(2)3)28-21(15)17(24)14-16/h5,8-10,12-14,28H,6-7,11H2,1-4H3,(H,26,27,29)/b18-5-,25-9?. The molecule has 32 heavy (non-hydrogen) atoms. The Balaban J connectivity index is 1.80. The lowest BCUT2D eigenvalue weighted by Crippen LogP contribution is -2.21. The van der Waals surface area contributed by atoms with Gasteiger partial charge < -0.3 is 19.9 Å². The second kappa shape index (κ2) is 10.9. The topological polar surface area (TPSA) is 95.5 Å². The minimum atomic E-state index is -0.121. The number of H-pyrrole nitrogens is 1. The van der Waals surface area contributed by atoms with Crippen LogP contribution in [-0.2, 0) is 4.74 Å². The van der Waals surface area contributed by atoms with Crippen molar-refractivity contribution < 1.29 is 9.53 Å². The molecule has 3 aromatic rings. The van der Waals surface area contributed by atoms with Gasteiger partial charge in [0, 0.05) is 51.3 Å². The molecule has 0 saturated heterocycles. The highest BCUT2D eigenvalue weighted by atomic mass is 35.5. The molecule has 0 radical (unpaired) electrons. The maximum absolute atomic E-state index is 12.3. The molecular formula is C23H27ClN6O2. The van der Waals surface area contributed by atoms with Gasteiger partial charge in [0.25, 0.3) is 5.91 Å². The Kier molecular flexibility index (Phi) is 7.97. The third-order valence-electron chi connectivity index (χ3n) is 4.68. The highest BCUT2D eigenvalue weighted by Gasteiger charge is 2.14. The Morgan fingerprint density at radius 1 is 1.34 bits per heavy atom. The molecule has 0 bridgehead atoms. The number of carbonyl (C=O) groups excluding carboxylic acids is 1. The van der Waals surface area contributed by atoms with Crippen molar-refractivity contribution in [1.29, 1.82) is 0 Å². The van der Waals surface area contributed by atoms with Crippen LogP contribution >= 0.6 is 11.6 Å². The van der Waals surface area contributed by atoms with Gasteiger partial charge in [0.2, 0.25) is 5.95 Å². The van der Waals surface area contributed by atoms with Crippen LogP contribution in [0.3, 0.4) is 0 Å². The largest absolute Gasteiger partial charge is 0.385 e.